The second kappa shape index (κ2) is 17.6. The van der Waals surface area contributed by atoms with Crippen molar-refractivity contribution in [2.45, 2.75) is 123 Å². The summed E-state index contributed by atoms with van der Waals surface area (Å²) in [6, 6.07) is 0. The molecule has 0 aromatic heterocycles. The van der Waals surface area contributed by atoms with Crippen LogP contribution in [0, 0.1) is 0 Å². The number of carboxylic acids is 1. The molecule has 0 radical (unpaired) electrons. The first-order valence-electron chi connectivity index (χ1n) is 15.7. The number of carboxylic acid groups (broad SMARTS) is 1. The number of nitrogens with two attached hydrogens (primary N) is 1. The molecule has 4 fully saturated rings. The van der Waals surface area contributed by atoms with E-state index in [9.17, 15) is 71.2 Å². The highest BCUT2D eigenvalue weighted by Crippen LogP contribution is 2.35. The van der Waals surface area contributed by atoms with Gasteiger partial charge in [0.25, 0.3) is 0 Å². The summed E-state index contributed by atoms with van der Waals surface area (Å²) in [5, 5.41) is 134. The Morgan fingerprint density at radius 3 is 1.68 bits per heavy atom. The molecule has 4 aliphatic rings. The van der Waals surface area contributed by atoms with Crippen LogP contribution in [0.25, 0.3) is 0 Å². The molecule has 292 valence electrons. The van der Waals surface area contributed by atoms with Gasteiger partial charge in [0.2, 0.25) is 0 Å². The number of ether oxygens (including phenoxy) is 8. The van der Waals surface area contributed by atoms with Crippen molar-refractivity contribution in [3.63, 3.8) is 0 Å². The van der Waals surface area contributed by atoms with Gasteiger partial charge in [0.15, 0.2) is 31.3 Å². The fraction of sp³-hybridized carbons (Fsp3) is 0.963. The summed E-state index contributed by atoms with van der Waals surface area (Å²) in [5.74, 6) is -1.71. The number of carbonyl (C=O) groups is 1. The van der Waals surface area contributed by atoms with Crippen LogP contribution >= 0.6 is 0 Å². The minimum Gasteiger partial charge on any atom is -0.479 e. The van der Waals surface area contributed by atoms with Gasteiger partial charge in [0.05, 0.1) is 39.1 Å². The Morgan fingerprint density at radius 2 is 1.18 bits per heavy atom. The highest BCUT2D eigenvalue weighted by molar-refractivity contribution is 5.73. The molecule has 4 heterocycles. The van der Waals surface area contributed by atoms with Crippen molar-refractivity contribution < 1.29 is 109 Å². The molecule has 23 heteroatoms. The molecule has 0 amide bonds. The molecule has 4 aliphatic heterocycles. The van der Waals surface area contributed by atoms with Crippen LogP contribution in [0.5, 0.6) is 0 Å². The van der Waals surface area contributed by atoms with Crippen LogP contribution in [0.2, 0.25) is 0 Å². The fourth-order valence-electron chi connectivity index (χ4n) is 6.01. The first kappa shape index (κ1) is 41.4. The molecule has 4 rings (SSSR count). The topological polar surface area (TPSA) is 380 Å². The molecule has 4 saturated heterocycles. The summed E-state index contributed by atoms with van der Waals surface area (Å²) in [4.78, 5) is 11.4. The van der Waals surface area contributed by atoms with Gasteiger partial charge in [-0.3, -0.25) is 0 Å². The van der Waals surface area contributed by atoms with E-state index < -0.39 is 155 Å². The maximum absolute atomic E-state index is 11.4. The zero-order valence-corrected chi connectivity index (χ0v) is 26.4. The Hall–Kier alpha value is -1.37. The average molecular weight is 738 g/mol. The lowest BCUT2D eigenvalue weighted by Crippen LogP contribution is -2.66. The molecule has 15 N–H and O–H groups in total. The zero-order chi connectivity index (χ0) is 37.1. The smallest absolute Gasteiger partial charge is 0.335 e. The summed E-state index contributed by atoms with van der Waals surface area (Å²) < 4.78 is 43.7. The Labute approximate surface area is 283 Å². The second-order valence-corrected chi connectivity index (χ2v) is 12.4. The SMILES string of the molecule is NCCO[C@H]1OC(CO)[C@H](O[C@H]2OC(CO)(CO[C@@H]3OC(CO)[C@@H](O[C@@H]4OC(C(=O)O)[C@@H](O)C(O)C4O)C(O)C3O)CC(O)C2O)C(O)C1O. The number of rotatable bonds is 14. The van der Waals surface area contributed by atoms with Crippen molar-refractivity contribution >= 4 is 5.97 Å². The van der Waals surface area contributed by atoms with Gasteiger partial charge in [-0.1, -0.05) is 0 Å². The van der Waals surface area contributed by atoms with Crippen molar-refractivity contribution in [3.8, 4) is 0 Å². The van der Waals surface area contributed by atoms with Crippen LogP contribution in [-0.2, 0) is 42.7 Å². The maximum Gasteiger partial charge on any atom is 0.335 e. The van der Waals surface area contributed by atoms with Crippen LogP contribution in [0.15, 0.2) is 0 Å². The minimum absolute atomic E-state index is 0.0555. The lowest BCUT2D eigenvalue weighted by molar-refractivity contribution is -0.378. The monoisotopic (exact) mass is 737 g/mol. The standard InChI is InChI=1S/C27H47NO22/c28-1-2-43-23-17(39)14(36)20(10(5-30)45-23)48-26-11(33)8(32)3-27(6-31,50-26)7-44-24-18(40)15(37)19(9(4-29)46-24)47-25-16(38)12(34)13(35)21(49-25)22(41)42/h8-21,23-26,29-40H,1-7,28H2,(H,41,42)/t8?,9?,10?,11?,12?,13-,14?,15?,16?,17?,18?,19+,20-,21?,23-,24+,25+,26-,27?/m0/s1. The highest BCUT2D eigenvalue weighted by atomic mass is 16.8. The van der Waals surface area contributed by atoms with Crippen molar-refractivity contribution in [1.82, 2.24) is 0 Å². The third-order valence-corrected chi connectivity index (χ3v) is 8.86. The van der Waals surface area contributed by atoms with Crippen molar-refractivity contribution in [2.75, 3.05) is 39.6 Å². The number of aliphatic hydroxyl groups is 12. The van der Waals surface area contributed by atoms with Gasteiger partial charge >= 0.3 is 5.97 Å². The van der Waals surface area contributed by atoms with Gasteiger partial charge in [-0.2, -0.15) is 0 Å². The lowest BCUT2D eigenvalue weighted by atomic mass is 9.90. The predicted octanol–water partition coefficient (Wildman–Crippen LogP) is -9.28. The van der Waals surface area contributed by atoms with E-state index in [1.165, 1.54) is 0 Å². The molecule has 23 nitrogen and oxygen atoms in total. The van der Waals surface area contributed by atoms with E-state index in [1.54, 1.807) is 0 Å². The predicted molar refractivity (Wildman–Crippen MR) is 152 cm³/mol. The van der Waals surface area contributed by atoms with Crippen LogP contribution < -0.4 is 5.73 Å². The Morgan fingerprint density at radius 1 is 0.660 bits per heavy atom. The Bertz CT molecular complexity index is 1070. The maximum atomic E-state index is 11.4. The average Bonchev–Trinajstić information content (AvgIpc) is 3.09. The number of hydrogen-bond donors (Lipinski definition) is 14. The molecule has 0 aromatic carbocycles. The molecule has 50 heavy (non-hydrogen) atoms. The minimum atomic E-state index is -2.06. The quantitative estimate of drug-likeness (QED) is 0.0786. The molecule has 12 unspecified atom stereocenters. The normalized spacial score (nSPS) is 48.7. The number of aliphatic hydroxyl groups excluding tert-OH is 12. The van der Waals surface area contributed by atoms with Crippen LogP contribution in [0.3, 0.4) is 0 Å². The summed E-state index contributed by atoms with van der Waals surface area (Å²) in [6.45, 7) is -3.35. The molecule has 0 bridgehead atoms. The summed E-state index contributed by atoms with van der Waals surface area (Å²) in [7, 11) is 0. The molecule has 0 aliphatic carbocycles. The van der Waals surface area contributed by atoms with E-state index in [0.29, 0.717) is 0 Å². The van der Waals surface area contributed by atoms with Crippen LogP contribution in [0.1, 0.15) is 6.42 Å². The van der Waals surface area contributed by atoms with Gasteiger partial charge in [0, 0.05) is 13.0 Å². The molecule has 0 aromatic rings. The largest absolute Gasteiger partial charge is 0.479 e. The summed E-state index contributed by atoms with van der Waals surface area (Å²) in [6.07, 6.45) is -32.9. The van der Waals surface area contributed by atoms with Crippen LogP contribution in [-0.4, -0.2) is 228 Å². The lowest BCUT2D eigenvalue weighted by Gasteiger charge is -2.49. The van der Waals surface area contributed by atoms with E-state index in [2.05, 4.69) is 0 Å². The molecule has 0 spiro atoms. The molecular weight excluding hydrogens is 690 g/mol. The van der Waals surface area contributed by atoms with Crippen molar-refractivity contribution in [3.05, 3.63) is 0 Å². The van der Waals surface area contributed by atoms with Gasteiger partial charge in [-0.15, -0.1) is 0 Å². The third-order valence-electron chi connectivity index (χ3n) is 8.86. The first-order valence-corrected chi connectivity index (χ1v) is 15.7. The van der Waals surface area contributed by atoms with Gasteiger partial charge in [0.1, 0.15) is 78.8 Å². The third kappa shape index (κ3) is 8.70. The van der Waals surface area contributed by atoms with E-state index in [1.807, 2.05) is 0 Å². The van der Waals surface area contributed by atoms with E-state index >= 15 is 0 Å². The molecule has 0 saturated carbocycles. The second-order valence-electron chi connectivity index (χ2n) is 12.4. The Kier molecular flexibility index (Phi) is 14.6. The van der Waals surface area contributed by atoms with Crippen molar-refractivity contribution in [1.29, 1.82) is 0 Å². The summed E-state index contributed by atoms with van der Waals surface area (Å²) >= 11 is 0. The molecular formula is C27H47NO22. The highest BCUT2D eigenvalue weighted by Gasteiger charge is 2.55. The van der Waals surface area contributed by atoms with E-state index in [0.717, 1.165) is 0 Å². The van der Waals surface area contributed by atoms with Crippen LogP contribution in [0.4, 0.5) is 0 Å². The van der Waals surface area contributed by atoms with E-state index in [4.69, 9.17) is 43.6 Å². The van der Waals surface area contributed by atoms with E-state index in [-0.39, 0.29) is 13.2 Å². The summed E-state index contributed by atoms with van der Waals surface area (Å²) in [5.41, 5.74) is 3.46. The fourth-order valence-corrected chi connectivity index (χ4v) is 6.01. The van der Waals surface area contributed by atoms with Gasteiger partial charge in [-0.25, -0.2) is 4.79 Å². The Balaban J connectivity index is 1.43. The van der Waals surface area contributed by atoms with Gasteiger partial charge in [-0.05, 0) is 0 Å². The zero-order valence-electron chi connectivity index (χ0n) is 26.4. The molecule has 19 atom stereocenters. The van der Waals surface area contributed by atoms with Crippen molar-refractivity contribution in [2.24, 2.45) is 5.73 Å². The van der Waals surface area contributed by atoms with Gasteiger partial charge < -0.3 is 110 Å². The number of hydrogen-bond acceptors (Lipinski definition) is 22. The number of aliphatic carboxylic acids is 1. The first-order chi connectivity index (χ1) is 23.6.